The lowest BCUT2D eigenvalue weighted by atomic mass is 9.94. The van der Waals surface area contributed by atoms with Crippen LogP contribution >= 0.6 is 11.6 Å². The number of carbonyl (C=O) groups is 1. The molecule has 18 heavy (non-hydrogen) atoms. The summed E-state index contributed by atoms with van der Waals surface area (Å²) >= 11 is 6.13. The van der Waals surface area contributed by atoms with Gasteiger partial charge in [0.05, 0.1) is 11.6 Å². The van der Waals surface area contributed by atoms with Gasteiger partial charge in [-0.2, -0.15) is 0 Å². The molecule has 1 saturated heterocycles. The Balaban J connectivity index is 2.08. The van der Waals surface area contributed by atoms with E-state index < -0.39 is 0 Å². The third-order valence-electron chi connectivity index (χ3n) is 3.19. The number of hydrogen-bond donors (Lipinski definition) is 1. The fraction of sp³-hybridized carbons (Fsp3) is 0.357. The van der Waals surface area contributed by atoms with Crippen LogP contribution in [0, 0.1) is 5.92 Å². The van der Waals surface area contributed by atoms with Gasteiger partial charge in [-0.05, 0) is 11.1 Å². The highest BCUT2D eigenvalue weighted by atomic mass is 35.5. The number of nitrogens with zero attached hydrogens (tertiary/aromatic N) is 1. The van der Waals surface area contributed by atoms with Crippen LogP contribution in [0.4, 0.5) is 0 Å². The second-order valence-electron chi connectivity index (χ2n) is 4.56. The number of aldehydes is 1. The molecule has 0 amide bonds. The van der Waals surface area contributed by atoms with Gasteiger partial charge >= 0.3 is 0 Å². The first-order valence-corrected chi connectivity index (χ1v) is 6.37. The van der Waals surface area contributed by atoms with Gasteiger partial charge in [-0.3, -0.25) is 4.90 Å². The number of piperidine rings is 1. The maximum atomic E-state index is 11.0. The normalized spacial score (nSPS) is 27.3. The highest BCUT2D eigenvalue weighted by Crippen LogP contribution is 2.26. The fourth-order valence-corrected chi connectivity index (χ4v) is 2.53. The number of alkyl halides is 1. The summed E-state index contributed by atoms with van der Waals surface area (Å²) in [4.78, 5) is 13.1. The van der Waals surface area contributed by atoms with Crippen molar-refractivity contribution in [1.82, 2.24) is 4.90 Å². The first-order chi connectivity index (χ1) is 8.74. The van der Waals surface area contributed by atoms with E-state index in [1.807, 2.05) is 30.3 Å². The number of aliphatic hydroxyl groups is 1. The zero-order valence-electron chi connectivity index (χ0n) is 10.00. The molecule has 1 aliphatic heterocycles. The van der Waals surface area contributed by atoms with Gasteiger partial charge in [-0.15, -0.1) is 11.6 Å². The Bertz CT molecular complexity index is 433. The molecule has 0 bridgehead atoms. The zero-order valence-corrected chi connectivity index (χ0v) is 10.8. The summed E-state index contributed by atoms with van der Waals surface area (Å²) in [6, 6.07) is 10.0. The van der Waals surface area contributed by atoms with Crippen LogP contribution in [0.5, 0.6) is 0 Å². The molecule has 1 N–H and O–H groups in total. The number of halogens is 1. The van der Waals surface area contributed by atoms with Crippen molar-refractivity contribution < 1.29 is 9.90 Å². The van der Waals surface area contributed by atoms with Crippen LogP contribution in [0.15, 0.2) is 42.2 Å². The van der Waals surface area contributed by atoms with Crippen LogP contribution in [0.25, 0.3) is 0 Å². The Morgan fingerprint density at radius 2 is 2.11 bits per heavy atom. The van der Waals surface area contributed by atoms with Crippen LogP contribution in [0.1, 0.15) is 5.56 Å². The quantitative estimate of drug-likeness (QED) is 0.518. The van der Waals surface area contributed by atoms with Gasteiger partial charge in [0.1, 0.15) is 6.29 Å². The Hall–Kier alpha value is -1.32. The second kappa shape index (κ2) is 6.03. The largest absolute Gasteiger partial charge is 0.516 e. The maximum absolute atomic E-state index is 11.0. The number of hydrogen-bond acceptors (Lipinski definition) is 3. The molecule has 1 fully saturated rings. The SMILES string of the molecule is O=CC1CN(Cc2ccccc2)CC(=CO)C1Cl. The van der Waals surface area contributed by atoms with Crippen molar-refractivity contribution in [3.05, 3.63) is 47.7 Å². The zero-order chi connectivity index (χ0) is 13.0. The van der Waals surface area contributed by atoms with Crippen molar-refractivity contribution in [2.45, 2.75) is 11.9 Å². The van der Waals surface area contributed by atoms with Gasteiger partial charge < -0.3 is 9.90 Å². The molecule has 2 atom stereocenters. The van der Waals surface area contributed by atoms with E-state index in [2.05, 4.69) is 4.90 Å². The Labute approximate surface area is 112 Å². The van der Waals surface area contributed by atoms with E-state index in [4.69, 9.17) is 16.7 Å². The summed E-state index contributed by atoms with van der Waals surface area (Å²) in [7, 11) is 0. The second-order valence-corrected chi connectivity index (χ2v) is 5.03. The van der Waals surface area contributed by atoms with Gasteiger partial charge in [0.15, 0.2) is 0 Å². The summed E-state index contributed by atoms with van der Waals surface area (Å²) in [6.07, 6.45) is 1.91. The first-order valence-electron chi connectivity index (χ1n) is 5.93. The summed E-state index contributed by atoms with van der Waals surface area (Å²) in [6.45, 7) is 1.99. The number of carbonyl (C=O) groups excluding carboxylic acids is 1. The van der Waals surface area contributed by atoms with E-state index in [0.29, 0.717) is 18.7 Å². The molecule has 2 unspecified atom stereocenters. The summed E-state index contributed by atoms with van der Waals surface area (Å²) in [5.41, 5.74) is 1.89. The minimum absolute atomic E-state index is 0.262. The van der Waals surface area contributed by atoms with Crippen molar-refractivity contribution in [2.75, 3.05) is 13.1 Å². The number of benzene rings is 1. The van der Waals surface area contributed by atoms with Crippen molar-refractivity contribution in [3.8, 4) is 0 Å². The van der Waals surface area contributed by atoms with E-state index in [-0.39, 0.29) is 11.3 Å². The fourth-order valence-electron chi connectivity index (χ4n) is 2.26. The summed E-state index contributed by atoms with van der Waals surface area (Å²) in [5.74, 6) is -0.262. The van der Waals surface area contributed by atoms with Crippen molar-refractivity contribution in [3.63, 3.8) is 0 Å². The molecule has 1 aromatic carbocycles. The maximum Gasteiger partial charge on any atom is 0.126 e. The van der Waals surface area contributed by atoms with E-state index in [1.54, 1.807) is 0 Å². The lowest BCUT2D eigenvalue weighted by Gasteiger charge is -2.34. The van der Waals surface area contributed by atoms with Crippen LogP contribution in [-0.4, -0.2) is 34.8 Å². The topological polar surface area (TPSA) is 40.5 Å². The highest BCUT2D eigenvalue weighted by Gasteiger charge is 2.31. The van der Waals surface area contributed by atoms with Gasteiger partial charge in [-0.25, -0.2) is 0 Å². The van der Waals surface area contributed by atoms with Gasteiger partial charge in [0.25, 0.3) is 0 Å². The molecule has 1 aromatic rings. The Morgan fingerprint density at radius 3 is 2.72 bits per heavy atom. The molecule has 4 heteroatoms. The van der Waals surface area contributed by atoms with Crippen LogP contribution in [0.3, 0.4) is 0 Å². The smallest absolute Gasteiger partial charge is 0.126 e. The molecule has 0 spiro atoms. The van der Waals surface area contributed by atoms with Crippen molar-refractivity contribution >= 4 is 17.9 Å². The molecule has 1 aliphatic rings. The molecule has 96 valence electrons. The van der Waals surface area contributed by atoms with E-state index >= 15 is 0 Å². The molecule has 2 rings (SSSR count). The van der Waals surface area contributed by atoms with Crippen LogP contribution < -0.4 is 0 Å². The molecule has 0 radical (unpaired) electrons. The lowest BCUT2D eigenvalue weighted by Crippen LogP contribution is -2.43. The first kappa shape index (κ1) is 13.1. The predicted octanol–water partition coefficient (Wildman–Crippen LogP) is 2.37. The Morgan fingerprint density at radius 1 is 1.39 bits per heavy atom. The third-order valence-corrected chi connectivity index (χ3v) is 3.80. The van der Waals surface area contributed by atoms with Crippen molar-refractivity contribution in [2.24, 2.45) is 5.92 Å². The number of rotatable bonds is 3. The highest BCUT2D eigenvalue weighted by molar-refractivity contribution is 6.23. The van der Waals surface area contributed by atoms with E-state index in [1.165, 1.54) is 5.56 Å². The lowest BCUT2D eigenvalue weighted by molar-refractivity contribution is -0.112. The van der Waals surface area contributed by atoms with Gasteiger partial charge in [-0.1, -0.05) is 30.3 Å². The minimum Gasteiger partial charge on any atom is -0.516 e. The average Bonchev–Trinajstić information content (AvgIpc) is 2.41. The summed E-state index contributed by atoms with van der Waals surface area (Å²) in [5, 5.41) is 8.78. The molecule has 0 saturated carbocycles. The molecule has 0 aromatic heterocycles. The number of likely N-dealkylation sites (tertiary alicyclic amines) is 1. The van der Waals surface area contributed by atoms with Gasteiger partial charge in [0.2, 0.25) is 0 Å². The van der Waals surface area contributed by atoms with Crippen LogP contribution in [0.2, 0.25) is 0 Å². The summed E-state index contributed by atoms with van der Waals surface area (Å²) < 4.78 is 0. The monoisotopic (exact) mass is 265 g/mol. The minimum atomic E-state index is -0.389. The van der Waals surface area contributed by atoms with Crippen LogP contribution in [-0.2, 0) is 11.3 Å². The van der Waals surface area contributed by atoms with Crippen molar-refractivity contribution in [1.29, 1.82) is 0 Å². The number of aliphatic hydroxyl groups excluding tert-OH is 1. The third kappa shape index (κ3) is 2.92. The molecule has 0 aliphatic carbocycles. The Kier molecular flexibility index (Phi) is 4.39. The predicted molar refractivity (Wildman–Crippen MR) is 71.6 cm³/mol. The molecule has 3 nitrogen and oxygen atoms in total. The molecular formula is C14H16ClNO2. The molecular weight excluding hydrogens is 250 g/mol. The van der Waals surface area contributed by atoms with E-state index in [9.17, 15) is 4.79 Å². The van der Waals surface area contributed by atoms with Gasteiger partial charge in [0, 0.05) is 25.6 Å². The average molecular weight is 266 g/mol. The molecule has 1 heterocycles. The standard InChI is InChI=1S/C14H16ClNO2/c15-14-12(9-17)7-16(8-13(14)10-18)6-11-4-2-1-3-5-11/h1-5,9-10,12,14,18H,6-8H2. The van der Waals surface area contributed by atoms with E-state index in [0.717, 1.165) is 19.1 Å².